The number of aldehydes is 1. The molecular weight excluding hydrogens is 256 g/mol. The van der Waals surface area contributed by atoms with E-state index in [-0.39, 0.29) is 0 Å². The molecule has 0 bridgehead atoms. The van der Waals surface area contributed by atoms with E-state index in [0.717, 1.165) is 21.9 Å². The summed E-state index contributed by atoms with van der Waals surface area (Å²) in [5.74, 6) is 0. The van der Waals surface area contributed by atoms with Gasteiger partial charge in [0.05, 0.1) is 6.61 Å². The molecule has 3 heteroatoms. The zero-order chi connectivity index (χ0) is 11.3. The van der Waals surface area contributed by atoms with Gasteiger partial charge in [-0.05, 0) is 30.2 Å². The van der Waals surface area contributed by atoms with Crippen LogP contribution in [-0.4, -0.2) is 20.0 Å². The van der Waals surface area contributed by atoms with E-state index in [0.29, 0.717) is 12.2 Å². The average molecular weight is 269 g/mol. The molecule has 1 aromatic carbocycles. The molecule has 0 spiro atoms. The molecule has 2 nitrogen and oxygen atoms in total. The minimum Gasteiger partial charge on any atom is -0.381 e. The lowest BCUT2D eigenvalue weighted by Crippen LogP contribution is -1.89. The fourth-order valence-corrected chi connectivity index (χ4v) is 1.73. The molecule has 0 unspecified atom stereocenters. The molecule has 0 heterocycles. The maximum Gasteiger partial charge on any atom is 0.150 e. The maximum absolute atomic E-state index is 10.7. The summed E-state index contributed by atoms with van der Waals surface area (Å²) in [7, 11) is 1.65. The van der Waals surface area contributed by atoms with Crippen molar-refractivity contribution in [3.63, 3.8) is 0 Å². The van der Waals surface area contributed by atoms with Crippen LogP contribution in [0.1, 0.15) is 21.5 Å². The Hall–Kier alpha value is -0.930. The highest BCUT2D eigenvalue weighted by molar-refractivity contribution is 9.10. The molecule has 80 valence electrons. The van der Waals surface area contributed by atoms with Gasteiger partial charge in [0, 0.05) is 17.1 Å². The lowest BCUT2D eigenvalue weighted by atomic mass is 10.1. The topological polar surface area (TPSA) is 26.3 Å². The molecular formula is C12H13BrO2. The summed E-state index contributed by atoms with van der Waals surface area (Å²) < 4.78 is 5.87. The lowest BCUT2D eigenvalue weighted by Gasteiger charge is -2.04. The minimum absolute atomic E-state index is 0.572. The molecule has 1 aromatic rings. The number of hydrogen-bond acceptors (Lipinski definition) is 2. The van der Waals surface area contributed by atoms with Crippen molar-refractivity contribution in [1.82, 2.24) is 0 Å². The summed E-state index contributed by atoms with van der Waals surface area (Å²) in [6.45, 7) is 2.58. The summed E-state index contributed by atoms with van der Waals surface area (Å²) >= 11 is 3.42. The molecule has 0 radical (unpaired) electrons. The second kappa shape index (κ2) is 5.83. The standard InChI is InChI=1S/C12H13BrO2/c1-9-11(4-3-5-15-2)6-10(8-14)7-12(9)13/h3-4,6-8H,5H2,1-2H3/b4-3+. The third-order valence-electron chi connectivity index (χ3n) is 2.10. The number of carbonyl (C=O) groups is 1. The van der Waals surface area contributed by atoms with Gasteiger partial charge in [0.15, 0.2) is 0 Å². The molecule has 0 fully saturated rings. The molecule has 0 N–H and O–H groups in total. The van der Waals surface area contributed by atoms with Crippen molar-refractivity contribution in [3.8, 4) is 0 Å². The van der Waals surface area contributed by atoms with Gasteiger partial charge in [-0.3, -0.25) is 4.79 Å². The van der Waals surface area contributed by atoms with E-state index in [4.69, 9.17) is 4.74 Å². The number of hydrogen-bond donors (Lipinski definition) is 0. The Morgan fingerprint density at radius 1 is 1.47 bits per heavy atom. The first kappa shape index (κ1) is 12.1. The zero-order valence-electron chi connectivity index (χ0n) is 8.79. The van der Waals surface area contributed by atoms with Crippen molar-refractivity contribution in [3.05, 3.63) is 39.4 Å². The molecule has 0 aliphatic heterocycles. The highest BCUT2D eigenvalue weighted by Crippen LogP contribution is 2.22. The van der Waals surface area contributed by atoms with Gasteiger partial charge in [-0.15, -0.1) is 0 Å². The Balaban J connectivity index is 3.04. The first-order chi connectivity index (χ1) is 7.19. The second-order valence-electron chi connectivity index (χ2n) is 3.19. The molecule has 1 rings (SSSR count). The quantitative estimate of drug-likeness (QED) is 0.784. The van der Waals surface area contributed by atoms with Gasteiger partial charge in [-0.2, -0.15) is 0 Å². The minimum atomic E-state index is 0.572. The maximum atomic E-state index is 10.7. The van der Waals surface area contributed by atoms with Gasteiger partial charge in [0.25, 0.3) is 0 Å². The predicted molar refractivity (Wildman–Crippen MR) is 65.2 cm³/mol. The number of rotatable bonds is 4. The summed E-state index contributed by atoms with van der Waals surface area (Å²) in [6.07, 6.45) is 4.72. The van der Waals surface area contributed by atoms with Gasteiger partial charge in [0.1, 0.15) is 6.29 Å². The smallest absolute Gasteiger partial charge is 0.150 e. The number of benzene rings is 1. The van der Waals surface area contributed by atoms with Crippen LogP contribution < -0.4 is 0 Å². The highest BCUT2D eigenvalue weighted by Gasteiger charge is 2.02. The predicted octanol–water partition coefficient (Wildman–Crippen LogP) is 3.23. The average Bonchev–Trinajstić information content (AvgIpc) is 2.24. The third kappa shape index (κ3) is 3.29. The fraction of sp³-hybridized carbons (Fsp3) is 0.250. The van der Waals surface area contributed by atoms with Gasteiger partial charge >= 0.3 is 0 Å². The largest absolute Gasteiger partial charge is 0.381 e. The Labute approximate surface area is 98.1 Å². The van der Waals surface area contributed by atoms with Crippen LogP contribution in [0.15, 0.2) is 22.7 Å². The highest BCUT2D eigenvalue weighted by atomic mass is 79.9. The van der Waals surface area contributed by atoms with Crippen LogP contribution in [0.3, 0.4) is 0 Å². The Morgan fingerprint density at radius 3 is 2.80 bits per heavy atom. The van der Waals surface area contributed by atoms with Gasteiger partial charge in [0.2, 0.25) is 0 Å². The molecule has 0 saturated heterocycles. The second-order valence-corrected chi connectivity index (χ2v) is 4.05. The molecule has 0 atom stereocenters. The Kier molecular flexibility index (Phi) is 4.72. The van der Waals surface area contributed by atoms with Crippen LogP contribution in [0, 0.1) is 6.92 Å². The normalized spacial score (nSPS) is 10.9. The van der Waals surface area contributed by atoms with Crippen LogP contribution in [0.5, 0.6) is 0 Å². The summed E-state index contributed by atoms with van der Waals surface area (Å²) in [6, 6.07) is 3.68. The number of ether oxygens (including phenoxy) is 1. The number of carbonyl (C=O) groups excluding carboxylic acids is 1. The molecule has 0 amide bonds. The summed E-state index contributed by atoms with van der Waals surface area (Å²) in [5.41, 5.74) is 2.82. The van der Waals surface area contributed by atoms with Crippen LogP contribution in [0.4, 0.5) is 0 Å². The zero-order valence-corrected chi connectivity index (χ0v) is 10.4. The van der Waals surface area contributed by atoms with Crippen molar-refractivity contribution in [2.45, 2.75) is 6.92 Å². The van der Waals surface area contributed by atoms with Crippen LogP contribution in [0.2, 0.25) is 0 Å². The Bertz CT molecular complexity index is 383. The molecule has 15 heavy (non-hydrogen) atoms. The van der Waals surface area contributed by atoms with E-state index >= 15 is 0 Å². The molecule has 0 saturated carbocycles. The van der Waals surface area contributed by atoms with Crippen molar-refractivity contribution in [1.29, 1.82) is 0 Å². The first-order valence-electron chi connectivity index (χ1n) is 4.60. The lowest BCUT2D eigenvalue weighted by molar-refractivity contribution is 0.112. The van der Waals surface area contributed by atoms with Crippen molar-refractivity contribution >= 4 is 28.3 Å². The van der Waals surface area contributed by atoms with Crippen LogP contribution in [0.25, 0.3) is 6.08 Å². The van der Waals surface area contributed by atoms with Crippen LogP contribution >= 0.6 is 15.9 Å². The van der Waals surface area contributed by atoms with Gasteiger partial charge < -0.3 is 4.74 Å². The number of methoxy groups -OCH3 is 1. The van der Waals surface area contributed by atoms with E-state index in [1.54, 1.807) is 7.11 Å². The number of halogens is 1. The summed E-state index contributed by atoms with van der Waals surface area (Å²) in [5, 5.41) is 0. The van der Waals surface area contributed by atoms with E-state index in [1.807, 2.05) is 31.2 Å². The molecule has 0 aliphatic rings. The van der Waals surface area contributed by atoms with E-state index in [1.165, 1.54) is 0 Å². The third-order valence-corrected chi connectivity index (χ3v) is 2.93. The fourth-order valence-electron chi connectivity index (χ4n) is 1.23. The van der Waals surface area contributed by atoms with Crippen molar-refractivity contribution in [2.24, 2.45) is 0 Å². The van der Waals surface area contributed by atoms with Gasteiger partial charge in [-0.25, -0.2) is 0 Å². The van der Waals surface area contributed by atoms with Gasteiger partial charge in [-0.1, -0.05) is 28.1 Å². The van der Waals surface area contributed by atoms with Crippen LogP contribution in [-0.2, 0) is 4.74 Å². The first-order valence-corrected chi connectivity index (χ1v) is 5.39. The molecule has 0 aliphatic carbocycles. The Morgan fingerprint density at radius 2 is 2.20 bits per heavy atom. The summed E-state index contributed by atoms with van der Waals surface area (Å²) in [4.78, 5) is 10.7. The molecule has 0 aromatic heterocycles. The van der Waals surface area contributed by atoms with Crippen molar-refractivity contribution < 1.29 is 9.53 Å². The van der Waals surface area contributed by atoms with E-state index in [9.17, 15) is 4.79 Å². The monoisotopic (exact) mass is 268 g/mol. The SMILES string of the molecule is COC/C=C/c1cc(C=O)cc(Br)c1C. The van der Waals surface area contributed by atoms with Crippen molar-refractivity contribution in [2.75, 3.05) is 13.7 Å². The van der Waals surface area contributed by atoms with E-state index < -0.39 is 0 Å². The van der Waals surface area contributed by atoms with E-state index in [2.05, 4.69) is 15.9 Å².